The van der Waals surface area contributed by atoms with Crippen LogP contribution in [0.25, 0.3) is 0 Å². The molecule has 1 aliphatic heterocycles. The van der Waals surface area contributed by atoms with Crippen molar-refractivity contribution in [3.8, 4) is 0 Å². The van der Waals surface area contributed by atoms with Crippen LogP contribution in [-0.4, -0.2) is 23.9 Å². The van der Waals surface area contributed by atoms with Gasteiger partial charge in [-0.05, 0) is 28.9 Å². The Bertz CT molecular complexity index is 378. The van der Waals surface area contributed by atoms with E-state index in [0.717, 1.165) is 22.4 Å². The highest BCUT2D eigenvalue weighted by molar-refractivity contribution is 9.10. The van der Waals surface area contributed by atoms with E-state index in [0.29, 0.717) is 18.7 Å². The smallest absolute Gasteiger partial charge is 0.153 e. The summed E-state index contributed by atoms with van der Waals surface area (Å²) in [7, 11) is 0. The standard InChI is InChI=1S/C10H11BrN2O/c1-7-10(4-8(11)5-12-7)13-3-2-9(14)6-13/h4-5H,2-3,6H2,1H3. The van der Waals surface area contributed by atoms with Crippen molar-refractivity contribution in [3.63, 3.8) is 0 Å². The monoisotopic (exact) mass is 254 g/mol. The molecule has 2 heterocycles. The number of aromatic nitrogens is 1. The summed E-state index contributed by atoms with van der Waals surface area (Å²) < 4.78 is 0.956. The van der Waals surface area contributed by atoms with E-state index in [1.807, 2.05) is 13.0 Å². The van der Waals surface area contributed by atoms with Gasteiger partial charge in [-0.2, -0.15) is 0 Å². The maximum absolute atomic E-state index is 11.1. The number of ketones is 1. The van der Waals surface area contributed by atoms with Crippen molar-refractivity contribution >= 4 is 27.4 Å². The van der Waals surface area contributed by atoms with Gasteiger partial charge in [-0.15, -0.1) is 0 Å². The molecule has 0 amide bonds. The summed E-state index contributed by atoms with van der Waals surface area (Å²) in [5.41, 5.74) is 2.04. The van der Waals surface area contributed by atoms with Crippen LogP contribution in [0.4, 0.5) is 5.69 Å². The van der Waals surface area contributed by atoms with Crippen molar-refractivity contribution < 1.29 is 4.79 Å². The van der Waals surface area contributed by atoms with Crippen LogP contribution in [-0.2, 0) is 4.79 Å². The molecular weight excluding hydrogens is 244 g/mol. The SMILES string of the molecule is Cc1ncc(Br)cc1N1CCC(=O)C1. The number of hydrogen-bond donors (Lipinski definition) is 0. The molecule has 0 atom stereocenters. The Kier molecular flexibility index (Phi) is 2.54. The molecule has 0 bridgehead atoms. The van der Waals surface area contributed by atoms with Gasteiger partial charge in [-0.25, -0.2) is 0 Å². The van der Waals surface area contributed by atoms with Crippen molar-refractivity contribution in [2.75, 3.05) is 18.0 Å². The second-order valence-electron chi connectivity index (χ2n) is 3.47. The predicted molar refractivity (Wildman–Crippen MR) is 58.5 cm³/mol. The number of carbonyl (C=O) groups excluding carboxylic acids is 1. The molecule has 0 aliphatic carbocycles. The van der Waals surface area contributed by atoms with Gasteiger partial charge >= 0.3 is 0 Å². The summed E-state index contributed by atoms with van der Waals surface area (Å²) in [5.74, 6) is 0.310. The van der Waals surface area contributed by atoms with Crippen LogP contribution < -0.4 is 4.90 Å². The molecular formula is C10H11BrN2O. The fourth-order valence-electron chi connectivity index (χ4n) is 1.65. The first-order chi connectivity index (χ1) is 6.66. The van der Waals surface area contributed by atoms with Crippen LogP contribution in [0.3, 0.4) is 0 Å². The van der Waals surface area contributed by atoms with Gasteiger partial charge in [0.15, 0.2) is 5.78 Å². The Balaban J connectivity index is 2.31. The van der Waals surface area contributed by atoms with Crippen molar-refractivity contribution in [2.24, 2.45) is 0 Å². The number of carbonyl (C=O) groups is 1. The van der Waals surface area contributed by atoms with Crippen LogP contribution >= 0.6 is 15.9 Å². The lowest BCUT2D eigenvalue weighted by molar-refractivity contribution is -0.116. The van der Waals surface area contributed by atoms with E-state index >= 15 is 0 Å². The molecule has 0 saturated carbocycles. The number of anilines is 1. The van der Waals surface area contributed by atoms with Gasteiger partial charge in [0.25, 0.3) is 0 Å². The molecule has 4 heteroatoms. The highest BCUT2D eigenvalue weighted by Crippen LogP contribution is 2.24. The molecule has 0 unspecified atom stereocenters. The van der Waals surface area contributed by atoms with Gasteiger partial charge in [0, 0.05) is 23.6 Å². The Hall–Kier alpha value is -0.900. The van der Waals surface area contributed by atoms with Crippen molar-refractivity contribution in [1.29, 1.82) is 0 Å². The minimum Gasteiger partial charge on any atom is -0.362 e. The van der Waals surface area contributed by atoms with E-state index in [9.17, 15) is 4.79 Å². The lowest BCUT2D eigenvalue weighted by atomic mass is 10.3. The number of nitrogens with zero attached hydrogens (tertiary/aromatic N) is 2. The minimum atomic E-state index is 0.310. The first kappa shape index (κ1) is 9.65. The maximum atomic E-state index is 11.1. The van der Waals surface area contributed by atoms with Gasteiger partial charge in [-0.1, -0.05) is 0 Å². The summed E-state index contributed by atoms with van der Waals surface area (Å²) in [5, 5.41) is 0. The molecule has 2 rings (SSSR count). The molecule has 0 radical (unpaired) electrons. The Morgan fingerprint density at radius 2 is 2.36 bits per heavy atom. The Labute approximate surface area is 91.3 Å². The van der Waals surface area contributed by atoms with Crippen LogP contribution in [0, 0.1) is 6.92 Å². The fraction of sp³-hybridized carbons (Fsp3) is 0.400. The molecule has 3 nitrogen and oxygen atoms in total. The third-order valence-corrected chi connectivity index (χ3v) is 2.83. The number of pyridine rings is 1. The van der Waals surface area contributed by atoms with Crippen LogP contribution in [0.1, 0.15) is 12.1 Å². The van der Waals surface area contributed by atoms with E-state index in [4.69, 9.17) is 0 Å². The lowest BCUT2D eigenvalue weighted by Crippen LogP contribution is -2.20. The highest BCUT2D eigenvalue weighted by Gasteiger charge is 2.21. The van der Waals surface area contributed by atoms with Gasteiger partial charge in [0.2, 0.25) is 0 Å². The van der Waals surface area contributed by atoms with E-state index in [1.165, 1.54) is 0 Å². The number of hydrogen-bond acceptors (Lipinski definition) is 3. The summed E-state index contributed by atoms with van der Waals surface area (Å²) >= 11 is 3.38. The van der Waals surface area contributed by atoms with Crippen molar-refractivity contribution in [2.45, 2.75) is 13.3 Å². The second-order valence-corrected chi connectivity index (χ2v) is 4.38. The third kappa shape index (κ3) is 1.80. The van der Waals surface area contributed by atoms with Gasteiger partial charge in [0.1, 0.15) is 0 Å². The molecule has 0 spiro atoms. The number of rotatable bonds is 1. The third-order valence-electron chi connectivity index (χ3n) is 2.40. The van der Waals surface area contributed by atoms with Gasteiger partial charge < -0.3 is 4.90 Å². The van der Waals surface area contributed by atoms with Gasteiger partial charge in [-0.3, -0.25) is 9.78 Å². The normalized spacial score (nSPS) is 16.4. The predicted octanol–water partition coefficient (Wildman–Crippen LogP) is 1.93. The highest BCUT2D eigenvalue weighted by atomic mass is 79.9. The number of aryl methyl sites for hydroxylation is 1. The average molecular weight is 255 g/mol. The summed E-state index contributed by atoms with van der Waals surface area (Å²) in [4.78, 5) is 17.5. The summed E-state index contributed by atoms with van der Waals surface area (Å²) in [6, 6.07) is 2.01. The summed E-state index contributed by atoms with van der Waals surface area (Å²) in [6.45, 7) is 3.31. The molecule has 1 aromatic rings. The maximum Gasteiger partial charge on any atom is 0.153 e. The zero-order chi connectivity index (χ0) is 10.1. The Morgan fingerprint density at radius 1 is 1.57 bits per heavy atom. The van der Waals surface area contributed by atoms with Crippen LogP contribution in [0.2, 0.25) is 0 Å². The van der Waals surface area contributed by atoms with Gasteiger partial charge in [0.05, 0.1) is 17.9 Å². The van der Waals surface area contributed by atoms with Crippen LogP contribution in [0.15, 0.2) is 16.7 Å². The van der Waals surface area contributed by atoms with Crippen molar-refractivity contribution in [1.82, 2.24) is 4.98 Å². The summed E-state index contributed by atoms with van der Waals surface area (Å²) in [6.07, 6.45) is 2.43. The molecule has 74 valence electrons. The fourth-order valence-corrected chi connectivity index (χ4v) is 1.97. The zero-order valence-electron chi connectivity index (χ0n) is 7.96. The molecule has 0 aromatic carbocycles. The molecule has 1 saturated heterocycles. The second kappa shape index (κ2) is 3.69. The topological polar surface area (TPSA) is 33.2 Å². The molecule has 1 aromatic heterocycles. The van der Waals surface area contributed by atoms with Crippen molar-refractivity contribution in [3.05, 3.63) is 22.4 Å². The Morgan fingerprint density at radius 3 is 3.00 bits per heavy atom. The zero-order valence-corrected chi connectivity index (χ0v) is 9.54. The first-order valence-corrected chi connectivity index (χ1v) is 5.35. The molecule has 1 aliphatic rings. The quantitative estimate of drug-likeness (QED) is 0.768. The van der Waals surface area contributed by atoms with E-state index in [2.05, 4.69) is 25.8 Å². The van der Waals surface area contributed by atoms with E-state index < -0.39 is 0 Å². The number of halogens is 1. The molecule has 0 N–H and O–H groups in total. The lowest BCUT2D eigenvalue weighted by Gasteiger charge is -2.18. The first-order valence-electron chi connectivity index (χ1n) is 4.55. The molecule has 1 fully saturated rings. The van der Waals surface area contributed by atoms with E-state index in [1.54, 1.807) is 6.20 Å². The largest absolute Gasteiger partial charge is 0.362 e. The number of Topliss-reactive ketones (excluding diaryl/α,β-unsaturated/α-hetero) is 1. The average Bonchev–Trinajstić information content (AvgIpc) is 2.56. The molecule has 14 heavy (non-hydrogen) atoms. The minimum absolute atomic E-state index is 0.310. The van der Waals surface area contributed by atoms with Crippen LogP contribution in [0.5, 0.6) is 0 Å². The van der Waals surface area contributed by atoms with E-state index in [-0.39, 0.29) is 0 Å².